The van der Waals surface area contributed by atoms with Crippen LogP contribution < -0.4 is 0 Å². The van der Waals surface area contributed by atoms with Crippen molar-refractivity contribution in [3.63, 3.8) is 0 Å². The van der Waals surface area contributed by atoms with Gasteiger partial charge in [-0.1, -0.05) is 333 Å². The average molecular weight is 1180 g/mol. The second-order valence-corrected chi connectivity index (χ2v) is 24.7. The van der Waals surface area contributed by atoms with Crippen LogP contribution in [0.5, 0.6) is 0 Å². The van der Waals surface area contributed by atoms with Gasteiger partial charge < -0.3 is 9.11 Å². The third-order valence-corrected chi connectivity index (χ3v) is 16.7. The standard InChI is InChI=1S/2C32H58O3S.Ba/c2*1-2-3-4-5-6-7-8-9-10-11-12-13-14-15-16-17-18-19-20-21-22-23-24-25-27-31-28-26-29-32(30-31)36(33,34)35;/h2*26,28-30H,2-25,27H2,1H3,(H,33,34,35);/q;;+2/p-2. The molecular weight excluding hydrogens is 1070 g/mol. The minimum atomic E-state index is -4.34. The van der Waals surface area contributed by atoms with Gasteiger partial charge in [-0.2, -0.15) is 0 Å². The quantitative estimate of drug-likeness (QED) is 0.0370. The average Bonchev–Trinajstić information content (AvgIpc) is 3.36. The molecule has 73 heavy (non-hydrogen) atoms. The number of hydrogen-bond donors (Lipinski definition) is 0. The molecular formula is C64H114BaO6S2. The molecule has 2 rings (SSSR count). The van der Waals surface area contributed by atoms with Gasteiger partial charge in [-0.05, 0) is 61.1 Å². The zero-order chi connectivity index (χ0) is 52.3. The minimum Gasteiger partial charge on any atom is -0.744 e. The van der Waals surface area contributed by atoms with Crippen LogP contribution in [-0.2, 0) is 33.1 Å². The van der Waals surface area contributed by atoms with E-state index in [-0.39, 0.29) is 58.7 Å². The van der Waals surface area contributed by atoms with Crippen molar-refractivity contribution in [1.29, 1.82) is 0 Å². The number of unbranched alkanes of at least 4 members (excludes halogenated alkanes) is 46. The molecule has 0 atom stereocenters. The van der Waals surface area contributed by atoms with Crippen molar-refractivity contribution in [2.24, 2.45) is 0 Å². The molecule has 6 nitrogen and oxygen atoms in total. The van der Waals surface area contributed by atoms with Crippen LogP contribution >= 0.6 is 0 Å². The van der Waals surface area contributed by atoms with E-state index in [1.54, 1.807) is 12.1 Å². The van der Waals surface area contributed by atoms with Crippen LogP contribution in [0.1, 0.15) is 333 Å². The first-order chi connectivity index (χ1) is 35.1. The fourth-order valence-corrected chi connectivity index (χ4v) is 11.4. The Bertz CT molecular complexity index is 1560. The van der Waals surface area contributed by atoms with E-state index >= 15 is 0 Å². The van der Waals surface area contributed by atoms with E-state index in [1.807, 2.05) is 12.1 Å². The molecule has 420 valence electrons. The van der Waals surface area contributed by atoms with E-state index in [2.05, 4.69) is 13.8 Å². The van der Waals surface area contributed by atoms with E-state index in [0.717, 1.165) is 36.8 Å². The van der Waals surface area contributed by atoms with Gasteiger partial charge in [0.15, 0.2) is 0 Å². The fraction of sp³-hybridized carbons (Fsp3) is 0.812. The Morgan fingerprint density at radius 1 is 0.274 bits per heavy atom. The number of hydrogen-bond acceptors (Lipinski definition) is 6. The predicted molar refractivity (Wildman–Crippen MR) is 315 cm³/mol. The summed E-state index contributed by atoms with van der Waals surface area (Å²) in [6.45, 7) is 4.58. The summed E-state index contributed by atoms with van der Waals surface area (Å²) in [7, 11) is -8.69. The monoisotopic (exact) mass is 1180 g/mol. The zero-order valence-corrected chi connectivity index (χ0v) is 54.0. The van der Waals surface area contributed by atoms with Crippen LogP contribution in [-0.4, -0.2) is 74.8 Å². The normalized spacial score (nSPS) is 11.7. The van der Waals surface area contributed by atoms with Crippen molar-refractivity contribution >= 4 is 69.1 Å². The summed E-state index contributed by atoms with van der Waals surface area (Å²) >= 11 is 0. The molecule has 0 aliphatic carbocycles. The Hall–Kier alpha value is -0.169. The molecule has 2 aromatic rings. The minimum absolute atomic E-state index is 0. The van der Waals surface area contributed by atoms with Gasteiger partial charge in [0.1, 0.15) is 20.2 Å². The second kappa shape index (κ2) is 53.8. The Balaban J connectivity index is 0.00000140. The maximum atomic E-state index is 11.1. The molecule has 2 aromatic carbocycles. The number of aryl methyl sites for hydroxylation is 2. The first kappa shape index (κ1) is 72.8. The topological polar surface area (TPSA) is 114 Å². The van der Waals surface area contributed by atoms with Crippen LogP contribution in [0.3, 0.4) is 0 Å². The van der Waals surface area contributed by atoms with Crippen LogP contribution in [0.15, 0.2) is 58.3 Å². The molecule has 0 heterocycles. The first-order valence-electron chi connectivity index (χ1n) is 31.2. The van der Waals surface area contributed by atoms with Crippen molar-refractivity contribution in [3.05, 3.63) is 59.7 Å². The van der Waals surface area contributed by atoms with E-state index < -0.39 is 20.2 Å². The van der Waals surface area contributed by atoms with Gasteiger partial charge in [0.25, 0.3) is 0 Å². The van der Waals surface area contributed by atoms with Gasteiger partial charge >= 0.3 is 48.9 Å². The van der Waals surface area contributed by atoms with Gasteiger partial charge in [0, 0.05) is 0 Å². The molecule has 0 unspecified atom stereocenters. The number of rotatable bonds is 52. The van der Waals surface area contributed by atoms with Gasteiger partial charge in [-0.3, -0.25) is 0 Å². The third-order valence-electron chi connectivity index (χ3n) is 15.0. The summed E-state index contributed by atoms with van der Waals surface area (Å²) in [4.78, 5) is -0.214. The van der Waals surface area contributed by atoms with Crippen molar-refractivity contribution < 1.29 is 25.9 Å². The predicted octanol–water partition coefficient (Wildman–Crippen LogP) is 20.7. The van der Waals surface area contributed by atoms with Crippen LogP contribution in [0.4, 0.5) is 0 Å². The van der Waals surface area contributed by atoms with Crippen molar-refractivity contribution in [2.75, 3.05) is 0 Å². The molecule has 0 saturated carbocycles. The van der Waals surface area contributed by atoms with Crippen LogP contribution in [0.2, 0.25) is 0 Å². The van der Waals surface area contributed by atoms with Gasteiger partial charge in [-0.15, -0.1) is 0 Å². The summed E-state index contributed by atoms with van der Waals surface area (Å²) in [5, 5.41) is 0. The third kappa shape index (κ3) is 49.8. The molecule has 0 aliphatic rings. The smallest absolute Gasteiger partial charge is 0.744 e. The van der Waals surface area contributed by atoms with E-state index in [9.17, 15) is 25.9 Å². The van der Waals surface area contributed by atoms with Gasteiger partial charge in [0.05, 0.1) is 9.79 Å². The maximum absolute atomic E-state index is 11.1. The summed E-state index contributed by atoms with van der Waals surface area (Å²) in [6.07, 6.45) is 68.3. The Morgan fingerprint density at radius 3 is 0.603 bits per heavy atom. The van der Waals surface area contributed by atoms with E-state index in [0.29, 0.717) is 0 Å². The van der Waals surface area contributed by atoms with E-state index in [4.69, 9.17) is 0 Å². The van der Waals surface area contributed by atoms with Crippen molar-refractivity contribution in [3.8, 4) is 0 Å². The van der Waals surface area contributed by atoms with Gasteiger partial charge in [0.2, 0.25) is 0 Å². The summed E-state index contributed by atoms with van der Waals surface area (Å²) < 4.78 is 66.7. The van der Waals surface area contributed by atoms with Crippen molar-refractivity contribution in [2.45, 2.75) is 345 Å². The summed E-state index contributed by atoms with van der Waals surface area (Å²) in [5.74, 6) is 0. The molecule has 0 fully saturated rings. The molecule has 0 N–H and O–H groups in total. The molecule has 0 saturated heterocycles. The zero-order valence-electron chi connectivity index (χ0n) is 47.9. The van der Waals surface area contributed by atoms with Crippen molar-refractivity contribution in [1.82, 2.24) is 0 Å². The fourth-order valence-electron chi connectivity index (χ4n) is 10.3. The summed E-state index contributed by atoms with van der Waals surface area (Å²) in [6, 6.07) is 13.0. The maximum Gasteiger partial charge on any atom is 2.00 e. The number of benzene rings is 2. The Labute approximate surface area is 494 Å². The molecule has 0 radical (unpaired) electrons. The largest absolute Gasteiger partial charge is 2.00 e. The molecule has 0 bridgehead atoms. The summed E-state index contributed by atoms with van der Waals surface area (Å²) in [5.41, 5.74) is 1.90. The Kier molecular flexibility index (Phi) is 53.7. The molecule has 0 aliphatic heterocycles. The van der Waals surface area contributed by atoms with Crippen LogP contribution in [0.25, 0.3) is 0 Å². The molecule has 0 amide bonds. The van der Waals surface area contributed by atoms with Gasteiger partial charge in [-0.25, -0.2) is 16.8 Å². The Morgan fingerprint density at radius 2 is 0.438 bits per heavy atom. The first-order valence-corrected chi connectivity index (χ1v) is 34.0. The SMILES string of the molecule is CCCCCCCCCCCCCCCCCCCCCCCCCCc1cccc(S(=O)(=O)[O-])c1.CCCCCCCCCCCCCCCCCCCCCCCCCCc1cccc(S(=O)(=O)[O-])c1.[Ba+2]. The molecule has 9 heteroatoms. The molecule has 0 aromatic heterocycles. The molecule has 0 spiro atoms. The van der Waals surface area contributed by atoms with E-state index in [1.165, 1.54) is 320 Å². The van der Waals surface area contributed by atoms with Crippen LogP contribution in [0, 0.1) is 0 Å². The second-order valence-electron chi connectivity index (χ2n) is 22.0.